The predicted molar refractivity (Wildman–Crippen MR) is 126 cm³/mol. The lowest BCUT2D eigenvalue weighted by atomic mass is 10.2. The van der Waals surface area contributed by atoms with E-state index in [9.17, 15) is 28.7 Å². The molecule has 2 N–H and O–H groups in total. The molecule has 2 aromatic heterocycles. The third kappa shape index (κ3) is 4.89. The monoisotopic (exact) mass is 497 g/mol. The molecule has 0 bridgehead atoms. The summed E-state index contributed by atoms with van der Waals surface area (Å²) < 4.78 is 19.3. The topological polar surface area (TPSA) is 134 Å². The van der Waals surface area contributed by atoms with Gasteiger partial charge in [0.1, 0.15) is 5.82 Å². The van der Waals surface area contributed by atoms with E-state index in [0.29, 0.717) is 18.8 Å². The first-order chi connectivity index (χ1) is 17.3. The van der Waals surface area contributed by atoms with Crippen LogP contribution in [0.5, 0.6) is 5.75 Å². The van der Waals surface area contributed by atoms with E-state index < -0.39 is 40.5 Å². The fourth-order valence-corrected chi connectivity index (χ4v) is 3.82. The zero-order valence-corrected chi connectivity index (χ0v) is 19.4. The van der Waals surface area contributed by atoms with Gasteiger partial charge in [-0.25, -0.2) is 9.37 Å². The van der Waals surface area contributed by atoms with Crippen LogP contribution < -0.4 is 15.8 Å². The fraction of sp³-hybridized carbons (Fsp3) is 0.292. The number of nitrogens with one attached hydrogen (secondary N) is 1. The Kier molecular flexibility index (Phi) is 7.25. The largest absolute Gasteiger partial charge is 0.501 e. The molecule has 4 rings (SSSR count). The molecule has 36 heavy (non-hydrogen) atoms. The summed E-state index contributed by atoms with van der Waals surface area (Å²) in [5.74, 6) is -3.69. The zero-order valence-electron chi connectivity index (χ0n) is 19.4. The van der Waals surface area contributed by atoms with E-state index in [2.05, 4.69) is 10.3 Å². The summed E-state index contributed by atoms with van der Waals surface area (Å²) in [6.45, 7) is 2.94. The van der Waals surface area contributed by atoms with Gasteiger partial charge in [-0.3, -0.25) is 23.6 Å². The van der Waals surface area contributed by atoms with E-state index in [1.54, 1.807) is 6.92 Å². The van der Waals surface area contributed by atoms with Gasteiger partial charge in [0.05, 0.1) is 18.9 Å². The lowest BCUT2D eigenvalue weighted by molar-refractivity contribution is -0.147. The van der Waals surface area contributed by atoms with Crippen molar-refractivity contribution < 1.29 is 28.6 Å². The number of aromatic hydroxyl groups is 1. The molecule has 3 amide bonds. The van der Waals surface area contributed by atoms with Crippen LogP contribution in [-0.2, 0) is 20.9 Å². The van der Waals surface area contributed by atoms with Crippen LogP contribution >= 0.6 is 0 Å². The summed E-state index contributed by atoms with van der Waals surface area (Å²) in [4.78, 5) is 58.3. The second-order valence-corrected chi connectivity index (χ2v) is 7.96. The van der Waals surface area contributed by atoms with Crippen LogP contribution in [0.1, 0.15) is 23.0 Å². The van der Waals surface area contributed by atoms with Crippen molar-refractivity contribution in [2.24, 2.45) is 0 Å². The molecular weight excluding hydrogens is 473 g/mol. The lowest BCUT2D eigenvalue weighted by Gasteiger charge is -2.29. The van der Waals surface area contributed by atoms with E-state index in [-0.39, 0.29) is 37.5 Å². The maximum Gasteiger partial charge on any atom is 0.316 e. The number of fused-ring (bicyclic) bond motifs is 1. The first-order valence-electron chi connectivity index (χ1n) is 11.3. The van der Waals surface area contributed by atoms with Gasteiger partial charge in [0.2, 0.25) is 5.75 Å². The van der Waals surface area contributed by atoms with Gasteiger partial charge in [0.15, 0.2) is 11.3 Å². The molecule has 1 aliphatic heterocycles. The SMILES string of the molecule is CCN(C(=O)C(=O)N1CCOCC1)c1cccn2c(=O)c(O)c(C(=O)NCc3ccc(F)cc3)nc12. The highest BCUT2D eigenvalue weighted by atomic mass is 19.1. The number of morpholine rings is 1. The Bertz CT molecular complexity index is 1370. The van der Waals surface area contributed by atoms with Gasteiger partial charge in [-0.1, -0.05) is 12.1 Å². The van der Waals surface area contributed by atoms with Gasteiger partial charge in [-0.15, -0.1) is 0 Å². The minimum Gasteiger partial charge on any atom is -0.501 e. The minimum atomic E-state index is -0.920. The summed E-state index contributed by atoms with van der Waals surface area (Å²) >= 11 is 0. The van der Waals surface area contributed by atoms with Crippen LogP contribution in [0, 0.1) is 5.82 Å². The predicted octanol–water partition coefficient (Wildman–Crippen LogP) is 0.681. The minimum absolute atomic E-state index is 0.00509. The van der Waals surface area contributed by atoms with E-state index in [0.717, 1.165) is 9.30 Å². The van der Waals surface area contributed by atoms with Gasteiger partial charge >= 0.3 is 17.4 Å². The van der Waals surface area contributed by atoms with Crippen molar-refractivity contribution in [1.82, 2.24) is 19.6 Å². The number of hydrogen-bond donors (Lipinski definition) is 2. The number of halogens is 1. The number of carbonyl (C=O) groups is 3. The normalized spacial score (nSPS) is 13.4. The van der Waals surface area contributed by atoms with E-state index in [1.807, 2.05) is 0 Å². The standard InChI is InChI=1S/C24H24FN5O6/c1-2-29(24(35)23(34)28-10-12-36-13-11-28)17-4-3-9-30-20(17)27-18(19(31)22(30)33)21(32)26-14-15-5-7-16(25)8-6-15/h3-9,31H,2,10-14H2,1H3,(H,26,32). The van der Waals surface area contributed by atoms with Crippen molar-refractivity contribution in [3.63, 3.8) is 0 Å². The molecule has 0 spiro atoms. The zero-order chi connectivity index (χ0) is 25.8. The molecule has 0 saturated carbocycles. The third-order valence-electron chi connectivity index (χ3n) is 5.72. The number of carbonyl (C=O) groups excluding carboxylic acids is 3. The molecular formula is C24H24FN5O6. The Labute approximate surface area is 204 Å². The van der Waals surface area contributed by atoms with Crippen LogP contribution in [0.15, 0.2) is 47.4 Å². The van der Waals surface area contributed by atoms with Gasteiger partial charge in [0.25, 0.3) is 5.91 Å². The molecule has 1 aliphatic rings. The summed E-state index contributed by atoms with van der Waals surface area (Å²) in [5, 5.41) is 12.9. The molecule has 11 nitrogen and oxygen atoms in total. The number of hydrogen-bond acceptors (Lipinski definition) is 7. The maximum absolute atomic E-state index is 13.1. The number of anilines is 1. The average molecular weight is 497 g/mol. The first kappa shape index (κ1) is 24.8. The fourth-order valence-electron chi connectivity index (χ4n) is 3.82. The molecule has 1 aromatic carbocycles. The van der Waals surface area contributed by atoms with Crippen molar-refractivity contribution in [1.29, 1.82) is 0 Å². The number of rotatable bonds is 5. The lowest BCUT2D eigenvalue weighted by Crippen LogP contribution is -2.49. The van der Waals surface area contributed by atoms with Crippen molar-refractivity contribution >= 4 is 29.1 Å². The quantitative estimate of drug-likeness (QED) is 0.495. The second-order valence-electron chi connectivity index (χ2n) is 7.96. The van der Waals surface area contributed by atoms with Crippen LogP contribution in [0.2, 0.25) is 0 Å². The number of pyridine rings is 1. The number of likely N-dealkylation sites (N-methyl/N-ethyl adjacent to an activating group) is 1. The molecule has 1 saturated heterocycles. The van der Waals surface area contributed by atoms with Crippen LogP contribution in [0.4, 0.5) is 10.1 Å². The van der Waals surface area contributed by atoms with Crippen molar-refractivity contribution in [3.8, 4) is 5.75 Å². The molecule has 12 heteroatoms. The average Bonchev–Trinajstić information content (AvgIpc) is 2.90. The summed E-state index contributed by atoms with van der Waals surface area (Å²) in [5.41, 5.74) is -0.838. The molecule has 0 radical (unpaired) electrons. The van der Waals surface area contributed by atoms with E-state index >= 15 is 0 Å². The Morgan fingerprint density at radius 3 is 2.53 bits per heavy atom. The molecule has 1 fully saturated rings. The third-order valence-corrected chi connectivity index (χ3v) is 5.72. The van der Waals surface area contributed by atoms with Crippen LogP contribution in [-0.4, -0.2) is 70.0 Å². The first-order valence-corrected chi connectivity index (χ1v) is 11.3. The molecule has 3 heterocycles. The smallest absolute Gasteiger partial charge is 0.316 e. The van der Waals surface area contributed by atoms with Crippen molar-refractivity contribution in [3.05, 3.63) is 70.0 Å². The second kappa shape index (κ2) is 10.5. The number of nitrogens with zero attached hydrogens (tertiary/aromatic N) is 4. The van der Waals surface area contributed by atoms with Gasteiger partial charge in [0, 0.05) is 32.4 Å². The highest BCUT2D eigenvalue weighted by Crippen LogP contribution is 2.22. The highest BCUT2D eigenvalue weighted by Gasteiger charge is 2.30. The van der Waals surface area contributed by atoms with E-state index in [1.165, 1.54) is 47.5 Å². The number of benzene rings is 1. The Morgan fingerprint density at radius 1 is 1.17 bits per heavy atom. The molecule has 0 atom stereocenters. The van der Waals surface area contributed by atoms with Crippen LogP contribution in [0.3, 0.4) is 0 Å². The number of aromatic nitrogens is 2. The van der Waals surface area contributed by atoms with E-state index in [4.69, 9.17) is 4.74 Å². The van der Waals surface area contributed by atoms with Crippen molar-refractivity contribution in [2.75, 3.05) is 37.7 Å². The van der Waals surface area contributed by atoms with Gasteiger partial charge in [-0.05, 0) is 36.8 Å². The molecule has 3 aromatic rings. The Morgan fingerprint density at radius 2 is 1.86 bits per heavy atom. The summed E-state index contributed by atoms with van der Waals surface area (Å²) in [7, 11) is 0. The number of ether oxygens (including phenoxy) is 1. The Hall–Kier alpha value is -4.32. The maximum atomic E-state index is 13.1. The summed E-state index contributed by atoms with van der Waals surface area (Å²) in [6.07, 6.45) is 1.33. The summed E-state index contributed by atoms with van der Waals surface area (Å²) in [6, 6.07) is 8.39. The van der Waals surface area contributed by atoms with Gasteiger partial charge in [-0.2, -0.15) is 0 Å². The number of amides is 3. The molecule has 0 aliphatic carbocycles. The van der Waals surface area contributed by atoms with Crippen molar-refractivity contribution in [2.45, 2.75) is 13.5 Å². The molecule has 0 unspecified atom stereocenters. The molecule has 188 valence electrons. The van der Waals surface area contributed by atoms with Gasteiger partial charge < -0.3 is 25.0 Å². The Balaban J connectivity index is 1.68. The van der Waals surface area contributed by atoms with Crippen LogP contribution in [0.25, 0.3) is 5.65 Å². The highest BCUT2D eigenvalue weighted by molar-refractivity contribution is 6.40.